The number of nitrogens with one attached hydrogen (secondary N) is 1. The van der Waals surface area contributed by atoms with E-state index in [1.165, 1.54) is 0 Å². The number of imidazole rings is 1. The monoisotopic (exact) mass is 280 g/mol. The third-order valence-electron chi connectivity index (χ3n) is 3.47. The smallest absolute Gasteiger partial charge is 0.272 e. The lowest BCUT2D eigenvalue weighted by molar-refractivity contribution is 0.0926. The van der Waals surface area contributed by atoms with Gasteiger partial charge in [0, 0.05) is 24.2 Å². The molecule has 6 nitrogen and oxygen atoms in total. The summed E-state index contributed by atoms with van der Waals surface area (Å²) in [5.74, 6) is 1.09. The summed E-state index contributed by atoms with van der Waals surface area (Å²) in [5.41, 5.74) is 1.34. The molecular weight excluding hydrogens is 268 g/mol. The van der Waals surface area contributed by atoms with Crippen molar-refractivity contribution in [2.24, 2.45) is 0 Å². The number of para-hydroxylation sites is 1. The predicted molar refractivity (Wildman–Crippen MR) is 75.1 cm³/mol. The Morgan fingerprint density at radius 1 is 1.33 bits per heavy atom. The molecule has 1 amide bonds. The maximum Gasteiger partial charge on any atom is 0.272 e. The van der Waals surface area contributed by atoms with Gasteiger partial charge in [0.25, 0.3) is 5.91 Å². The number of nitrogens with zero attached hydrogens (tertiary/aromatic N) is 3. The van der Waals surface area contributed by atoms with Crippen molar-refractivity contribution in [3.05, 3.63) is 60.2 Å². The summed E-state index contributed by atoms with van der Waals surface area (Å²) in [6, 6.07) is 9.34. The van der Waals surface area contributed by atoms with Gasteiger partial charge in [-0.3, -0.25) is 9.20 Å². The van der Waals surface area contributed by atoms with Crippen molar-refractivity contribution >= 4 is 11.7 Å². The first-order chi connectivity index (χ1) is 10.3. The summed E-state index contributed by atoms with van der Waals surface area (Å²) < 4.78 is 7.27. The van der Waals surface area contributed by atoms with Crippen molar-refractivity contribution in [2.45, 2.75) is 6.04 Å². The number of carbonyl (C=O) groups excluding carboxylic acids is 1. The van der Waals surface area contributed by atoms with Crippen LogP contribution in [0.15, 0.2) is 48.9 Å². The third kappa shape index (κ3) is 2.01. The zero-order valence-electron chi connectivity index (χ0n) is 11.1. The standard InChI is InChI=1S/C15H12N4O2/c20-14(11-8-19-7-3-6-16-15(19)18-11)17-12-9-21-13-5-2-1-4-10(12)13/h1-8,12H,9H2,(H,17,20)/t12-/m0/s1. The van der Waals surface area contributed by atoms with E-state index in [-0.39, 0.29) is 11.9 Å². The molecule has 0 unspecified atom stereocenters. The van der Waals surface area contributed by atoms with E-state index in [4.69, 9.17) is 4.74 Å². The van der Waals surface area contributed by atoms with Crippen molar-refractivity contribution in [1.82, 2.24) is 19.7 Å². The van der Waals surface area contributed by atoms with Gasteiger partial charge >= 0.3 is 0 Å². The van der Waals surface area contributed by atoms with Gasteiger partial charge in [-0.1, -0.05) is 18.2 Å². The predicted octanol–water partition coefficient (Wildman–Crippen LogP) is 1.59. The van der Waals surface area contributed by atoms with Crippen LogP contribution in [0.1, 0.15) is 22.1 Å². The number of fused-ring (bicyclic) bond motifs is 2. The van der Waals surface area contributed by atoms with E-state index in [2.05, 4.69) is 15.3 Å². The third-order valence-corrected chi connectivity index (χ3v) is 3.47. The van der Waals surface area contributed by atoms with Crippen molar-refractivity contribution in [3.8, 4) is 5.75 Å². The molecule has 1 N–H and O–H groups in total. The molecule has 3 aromatic rings. The van der Waals surface area contributed by atoms with Gasteiger partial charge in [0.2, 0.25) is 5.78 Å². The minimum Gasteiger partial charge on any atom is -0.491 e. The molecule has 0 spiro atoms. The fourth-order valence-electron chi connectivity index (χ4n) is 2.45. The molecule has 0 bridgehead atoms. The van der Waals surface area contributed by atoms with Gasteiger partial charge < -0.3 is 10.1 Å². The molecule has 104 valence electrons. The fourth-order valence-corrected chi connectivity index (χ4v) is 2.45. The Morgan fingerprint density at radius 2 is 2.24 bits per heavy atom. The largest absolute Gasteiger partial charge is 0.491 e. The molecule has 6 heteroatoms. The molecule has 0 aliphatic carbocycles. The Bertz CT molecular complexity index is 794. The number of rotatable bonds is 2. The number of hydrogen-bond acceptors (Lipinski definition) is 4. The van der Waals surface area contributed by atoms with Crippen LogP contribution in [0.3, 0.4) is 0 Å². The van der Waals surface area contributed by atoms with E-state index in [9.17, 15) is 4.79 Å². The first kappa shape index (κ1) is 11.9. The minimum absolute atomic E-state index is 0.147. The molecular formula is C15H12N4O2. The Kier molecular flexibility index (Phi) is 2.60. The Hall–Kier alpha value is -2.89. The number of amides is 1. The van der Waals surface area contributed by atoms with E-state index >= 15 is 0 Å². The number of hydrogen-bond donors (Lipinski definition) is 1. The Labute approximate surface area is 120 Å². The zero-order chi connectivity index (χ0) is 14.2. The van der Waals surface area contributed by atoms with Crippen molar-refractivity contribution in [2.75, 3.05) is 6.61 Å². The van der Waals surface area contributed by atoms with Gasteiger partial charge in [-0.2, -0.15) is 0 Å². The molecule has 0 saturated carbocycles. The summed E-state index contributed by atoms with van der Waals surface area (Å²) >= 11 is 0. The van der Waals surface area contributed by atoms with Crippen molar-refractivity contribution in [1.29, 1.82) is 0 Å². The average Bonchev–Trinajstić information content (AvgIpc) is 3.11. The van der Waals surface area contributed by atoms with E-state index in [1.54, 1.807) is 29.1 Å². The maximum absolute atomic E-state index is 12.3. The second-order valence-corrected chi connectivity index (χ2v) is 4.83. The van der Waals surface area contributed by atoms with E-state index < -0.39 is 0 Å². The van der Waals surface area contributed by atoms with Crippen LogP contribution in [-0.4, -0.2) is 26.9 Å². The van der Waals surface area contributed by atoms with E-state index in [0.717, 1.165) is 11.3 Å². The van der Waals surface area contributed by atoms with Gasteiger partial charge in [0.1, 0.15) is 18.1 Å². The van der Waals surface area contributed by atoms with Crippen molar-refractivity contribution in [3.63, 3.8) is 0 Å². The van der Waals surface area contributed by atoms with Crippen LogP contribution >= 0.6 is 0 Å². The highest BCUT2D eigenvalue weighted by molar-refractivity contribution is 5.93. The van der Waals surface area contributed by atoms with Crippen LogP contribution in [0.4, 0.5) is 0 Å². The lowest BCUT2D eigenvalue weighted by Gasteiger charge is -2.10. The summed E-state index contributed by atoms with van der Waals surface area (Å²) in [6.07, 6.45) is 5.12. The van der Waals surface area contributed by atoms with Gasteiger partial charge in [0.05, 0.1) is 6.04 Å². The summed E-state index contributed by atoms with van der Waals surface area (Å²) in [6.45, 7) is 0.441. The minimum atomic E-state index is -0.231. The second kappa shape index (κ2) is 4.59. The maximum atomic E-state index is 12.3. The highest BCUT2D eigenvalue weighted by atomic mass is 16.5. The van der Waals surface area contributed by atoms with Crippen LogP contribution in [-0.2, 0) is 0 Å². The molecule has 4 rings (SSSR count). The van der Waals surface area contributed by atoms with Crippen LogP contribution in [0, 0.1) is 0 Å². The zero-order valence-corrected chi connectivity index (χ0v) is 11.1. The lowest BCUT2D eigenvalue weighted by Crippen LogP contribution is -2.29. The van der Waals surface area contributed by atoms with Crippen LogP contribution in [0.5, 0.6) is 5.75 Å². The summed E-state index contributed by atoms with van der Waals surface area (Å²) in [4.78, 5) is 20.6. The number of benzene rings is 1. The molecule has 2 aromatic heterocycles. The van der Waals surface area contributed by atoms with Gasteiger partial charge in [-0.25, -0.2) is 9.97 Å². The molecule has 1 aliphatic heterocycles. The number of ether oxygens (including phenoxy) is 1. The first-order valence-electron chi connectivity index (χ1n) is 6.63. The summed E-state index contributed by atoms with van der Waals surface area (Å²) in [5, 5.41) is 2.94. The molecule has 0 fully saturated rings. The normalized spacial score (nSPS) is 16.5. The summed E-state index contributed by atoms with van der Waals surface area (Å²) in [7, 11) is 0. The topological polar surface area (TPSA) is 68.5 Å². The highest BCUT2D eigenvalue weighted by Crippen LogP contribution is 2.31. The SMILES string of the molecule is O=C(N[C@H]1COc2ccccc21)c1cn2cccnc2n1. The Balaban J connectivity index is 1.59. The fraction of sp³-hybridized carbons (Fsp3) is 0.133. The molecule has 21 heavy (non-hydrogen) atoms. The molecule has 1 aliphatic rings. The van der Waals surface area contributed by atoms with Gasteiger partial charge in [-0.05, 0) is 12.1 Å². The molecule has 0 saturated heterocycles. The number of carbonyl (C=O) groups is 1. The Morgan fingerprint density at radius 3 is 3.14 bits per heavy atom. The van der Waals surface area contributed by atoms with Crippen LogP contribution < -0.4 is 10.1 Å². The van der Waals surface area contributed by atoms with Gasteiger partial charge in [-0.15, -0.1) is 0 Å². The van der Waals surface area contributed by atoms with E-state index in [1.807, 2.05) is 24.3 Å². The van der Waals surface area contributed by atoms with Gasteiger partial charge in [0.15, 0.2) is 0 Å². The molecule has 1 atom stereocenters. The molecule has 3 heterocycles. The van der Waals surface area contributed by atoms with Crippen LogP contribution in [0.2, 0.25) is 0 Å². The second-order valence-electron chi connectivity index (χ2n) is 4.83. The lowest BCUT2D eigenvalue weighted by atomic mass is 10.1. The molecule has 1 aromatic carbocycles. The first-order valence-corrected chi connectivity index (χ1v) is 6.63. The highest BCUT2D eigenvalue weighted by Gasteiger charge is 2.26. The van der Waals surface area contributed by atoms with Crippen molar-refractivity contribution < 1.29 is 9.53 Å². The quantitative estimate of drug-likeness (QED) is 0.774. The number of aromatic nitrogens is 3. The van der Waals surface area contributed by atoms with E-state index in [0.29, 0.717) is 18.1 Å². The average molecular weight is 280 g/mol. The molecule has 0 radical (unpaired) electrons. The van der Waals surface area contributed by atoms with Crippen LogP contribution in [0.25, 0.3) is 5.78 Å².